The van der Waals surface area contributed by atoms with Crippen molar-refractivity contribution in [3.63, 3.8) is 0 Å². The SMILES string of the molecule is O=[N+]([O-])c1cc(C#CCBr)cc(C(F)(F)F)c1. The maximum Gasteiger partial charge on any atom is 0.416 e. The number of non-ortho nitro benzene ring substituents is 1. The van der Waals surface area contributed by atoms with Crippen LogP contribution in [0.2, 0.25) is 0 Å². The molecule has 1 rings (SSSR count). The first-order valence-corrected chi connectivity index (χ1v) is 5.38. The Balaban J connectivity index is 3.34. The molecule has 0 spiro atoms. The number of rotatable bonds is 1. The molecule has 0 atom stereocenters. The smallest absolute Gasteiger partial charge is 0.258 e. The third kappa shape index (κ3) is 3.75. The van der Waals surface area contributed by atoms with Crippen molar-refractivity contribution in [2.24, 2.45) is 0 Å². The van der Waals surface area contributed by atoms with E-state index >= 15 is 0 Å². The van der Waals surface area contributed by atoms with Gasteiger partial charge in [0.05, 0.1) is 15.8 Å². The van der Waals surface area contributed by atoms with Crippen molar-refractivity contribution in [1.82, 2.24) is 0 Å². The predicted molar refractivity (Wildman–Crippen MR) is 58.8 cm³/mol. The van der Waals surface area contributed by atoms with Crippen molar-refractivity contribution in [1.29, 1.82) is 0 Å². The highest BCUT2D eigenvalue weighted by Crippen LogP contribution is 2.32. The monoisotopic (exact) mass is 307 g/mol. The van der Waals surface area contributed by atoms with Gasteiger partial charge in [-0.25, -0.2) is 0 Å². The van der Waals surface area contributed by atoms with E-state index < -0.39 is 22.4 Å². The molecule has 0 aromatic heterocycles. The zero-order valence-corrected chi connectivity index (χ0v) is 9.80. The quantitative estimate of drug-likeness (QED) is 0.345. The summed E-state index contributed by atoms with van der Waals surface area (Å²) in [6.07, 6.45) is -4.63. The lowest BCUT2D eigenvalue weighted by Crippen LogP contribution is -2.06. The minimum absolute atomic E-state index is 0.0361. The Hall–Kier alpha value is -1.55. The van der Waals surface area contributed by atoms with Crippen LogP contribution in [0, 0.1) is 22.0 Å². The van der Waals surface area contributed by atoms with E-state index in [4.69, 9.17) is 0 Å². The van der Waals surface area contributed by atoms with Crippen LogP contribution in [0.4, 0.5) is 18.9 Å². The van der Waals surface area contributed by atoms with Gasteiger partial charge in [-0.3, -0.25) is 10.1 Å². The maximum atomic E-state index is 12.5. The molecule has 17 heavy (non-hydrogen) atoms. The molecule has 0 aliphatic rings. The van der Waals surface area contributed by atoms with Crippen LogP contribution in [-0.4, -0.2) is 10.3 Å². The second kappa shape index (κ2) is 5.19. The summed E-state index contributed by atoms with van der Waals surface area (Å²) in [5.74, 6) is 4.89. The number of nitrogens with zero attached hydrogens (tertiary/aromatic N) is 1. The molecule has 0 aliphatic carbocycles. The summed E-state index contributed by atoms with van der Waals surface area (Å²) in [6.45, 7) is 0. The number of nitro benzene ring substituents is 1. The first-order chi connectivity index (χ1) is 7.84. The van der Waals surface area contributed by atoms with Gasteiger partial charge in [0.2, 0.25) is 0 Å². The molecule has 1 aromatic carbocycles. The Kier molecular flexibility index (Phi) is 4.12. The third-order valence-corrected chi connectivity index (χ3v) is 2.04. The average Bonchev–Trinajstić information content (AvgIpc) is 2.24. The van der Waals surface area contributed by atoms with Crippen molar-refractivity contribution < 1.29 is 18.1 Å². The molecule has 0 fully saturated rings. The van der Waals surface area contributed by atoms with Crippen LogP contribution >= 0.6 is 15.9 Å². The number of hydrogen-bond donors (Lipinski definition) is 0. The lowest BCUT2D eigenvalue weighted by Gasteiger charge is -2.06. The fourth-order valence-electron chi connectivity index (χ4n) is 1.09. The van der Waals surface area contributed by atoms with Crippen molar-refractivity contribution in [3.05, 3.63) is 39.4 Å². The van der Waals surface area contributed by atoms with Gasteiger partial charge in [0.15, 0.2) is 0 Å². The molecule has 0 amide bonds. The maximum absolute atomic E-state index is 12.5. The van der Waals surface area contributed by atoms with Gasteiger partial charge in [0, 0.05) is 17.7 Å². The summed E-state index contributed by atoms with van der Waals surface area (Å²) >= 11 is 2.98. The molecule has 0 N–H and O–H groups in total. The Labute approximate surface area is 103 Å². The molecular weight excluding hydrogens is 303 g/mol. The average molecular weight is 308 g/mol. The van der Waals surface area contributed by atoms with E-state index in [1.807, 2.05) is 0 Å². The molecule has 90 valence electrons. The zero-order valence-electron chi connectivity index (χ0n) is 8.21. The van der Waals surface area contributed by atoms with Gasteiger partial charge in [0.1, 0.15) is 0 Å². The van der Waals surface area contributed by atoms with Crippen LogP contribution in [0.3, 0.4) is 0 Å². The Bertz CT molecular complexity index is 502. The number of alkyl halides is 4. The summed E-state index contributed by atoms with van der Waals surface area (Å²) in [7, 11) is 0. The molecule has 0 aliphatic heterocycles. The highest BCUT2D eigenvalue weighted by Gasteiger charge is 2.32. The topological polar surface area (TPSA) is 43.1 Å². The minimum atomic E-state index is -4.63. The van der Waals surface area contributed by atoms with E-state index in [1.165, 1.54) is 0 Å². The van der Waals surface area contributed by atoms with Gasteiger partial charge in [-0.1, -0.05) is 27.8 Å². The van der Waals surface area contributed by atoms with Gasteiger partial charge in [-0.2, -0.15) is 13.2 Å². The van der Waals surface area contributed by atoms with Gasteiger partial charge in [-0.05, 0) is 6.07 Å². The van der Waals surface area contributed by atoms with Gasteiger partial charge >= 0.3 is 6.18 Å². The third-order valence-electron chi connectivity index (χ3n) is 1.76. The number of benzene rings is 1. The summed E-state index contributed by atoms with van der Waals surface area (Å²) in [6, 6.07) is 2.27. The second-order valence-corrected chi connectivity index (χ2v) is 3.52. The van der Waals surface area contributed by atoms with Crippen LogP contribution in [0.15, 0.2) is 18.2 Å². The molecular formula is C10H5BrF3NO2. The second-order valence-electron chi connectivity index (χ2n) is 2.96. The van der Waals surface area contributed by atoms with Crippen molar-refractivity contribution in [2.75, 3.05) is 5.33 Å². The molecule has 0 heterocycles. The van der Waals surface area contributed by atoms with Crippen LogP contribution in [-0.2, 0) is 6.18 Å². The molecule has 0 radical (unpaired) electrons. The van der Waals surface area contributed by atoms with Crippen LogP contribution < -0.4 is 0 Å². The van der Waals surface area contributed by atoms with E-state index in [1.54, 1.807) is 0 Å². The van der Waals surface area contributed by atoms with Gasteiger partial charge in [-0.15, -0.1) is 0 Å². The summed E-state index contributed by atoms with van der Waals surface area (Å²) in [4.78, 5) is 9.61. The standard InChI is InChI=1S/C10H5BrF3NO2/c11-3-1-2-7-4-8(10(12,13)14)6-9(5-7)15(16)17/h4-6H,3H2. The fraction of sp³-hybridized carbons (Fsp3) is 0.200. The number of hydrogen-bond acceptors (Lipinski definition) is 2. The predicted octanol–water partition coefficient (Wildman–Crippen LogP) is 3.36. The Morgan fingerprint density at radius 2 is 2.00 bits per heavy atom. The van der Waals surface area contributed by atoms with Gasteiger partial charge in [0.25, 0.3) is 5.69 Å². The molecule has 3 nitrogen and oxygen atoms in total. The highest BCUT2D eigenvalue weighted by atomic mass is 79.9. The highest BCUT2D eigenvalue weighted by molar-refractivity contribution is 9.09. The van der Waals surface area contributed by atoms with Crippen LogP contribution in [0.1, 0.15) is 11.1 Å². The van der Waals surface area contributed by atoms with Crippen LogP contribution in [0.25, 0.3) is 0 Å². The summed E-state index contributed by atoms with van der Waals surface area (Å²) < 4.78 is 37.4. The molecule has 0 bridgehead atoms. The summed E-state index contributed by atoms with van der Waals surface area (Å²) in [5.41, 5.74) is -1.74. The largest absolute Gasteiger partial charge is 0.416 e. The van der Waals surface area contributed by atoms with Crippen molar-refractivity contribution in [3.8, 4) is 11.8 Å². The fourth-order valence-corrected chi connectivity index (χ4v) is 1.23. The van der Waals surface area contributed by atoms with E-state index in [0.717, 1.165) is 12.1 Å². The molecule has 0 saturated carbocycles. The normalized spacial score (nSPS) is 10.6. The Morgan fingerprint density at radius 1 is 1.35 bits per heavy atom. The van der Waals surface area contributed by atoms with E-state index in [9.17, 15) is 23.3 Å². The zero-order chi connectivity index (χ0) is 13.1. The number of nitro groups is 1. The molecule has 7 heteroatoms. The van der Waals surface area contributed by atoms with E-state index in [-0.39, 0.29) is 10.9 Å². The van der Waals surface area contributed by atoms with Gasteiger partial charge < -0.3 is 0 Å². The summed E-state index contributed by atoms with van der Waals surface area (Å²) in [5, 5.41) is 10.8. The first-order valence-electron chi connectivity index (χ1n) is 4.26. The van der Waals surface area contributed by atoms with Crippen LogP contribution in [0.5, 0.6) is 0 Å². The number of halogens is 4. The Morgan fingerprint density at radius 3 is 2.47 bits per heavy atom. The molecule has 0 saturated heterocycles. The molecule has 1 aromatic rings. The van der Waals surface area contributed by atoms with Crippen molar-refractivity contribution in [2.45, 2.75) is 6.18 Å². The van der Waals surface area contributed by atoms with E-state index in [2.05, 4.69) is 27.8 Å². The van der Waals surface area contributed by atoms with Crippen molar-refractivity contribution >= 4 is 21.6 Å². The minimum Gasteiger partial charge on any atom is -0.258 e. The lowest BCUT2D eigenvalue weighted by atomic mass is 10.1. The molecule has 0 unspecified atom stereocenters. The van der Waals surface area contributed by atoms with E-state index in [0.29, 0.717) is 6.07 Å². The first kappa shape index (κ1) is 13.5. The lowest BCUT2D eigenvalue weighted by molar-refractivity contribution is -0.385.